The Morgan fingerprint density at radius 1 is 1.64 bits per heavy atom. The highest BCUT2D eigenvalue weighted by molar-refractivity contribution is 8.00. The maximum Gasteiger partial charge on any atom is 0.230 e. The van der Waals surface area contributed by atoms with E-state index in [2.05, 4.69) is 5.32 Å². The highest BCUT2D eigenvalue weighted by Crippen LogP contribution is 2.07. The van der Waals surface area contributed by atoms with E-state index in [9.17, 15) is 4.79 Å². The number of thioether (sulfide) groups is 1. The molecule has 0 aliphatic carbocycles. The largest absolute Gasteiger partial charge is 0.395 e. The van der Waals surface area contributed by atoms with Gasteiger partial charge in [0.15, 0.2) is 0 Å². The number of methoxy groups -OCH3 is 1. The van der Waals surface area contributed by atoms with E-state index >= 15 is 0 Å². The van der Waals surface area contributed by atoms with Crippen molar-refractivity contribution in [1.82, 2.24) is 5.32 Å². The van der Waals surface area contributed by atoms with Gasteiger partial charge in [-0.05, 0) is 6.42 Å². The van der Waals surface area contributed by atoms with Crippen LogP contribution in [-0.4, -0.2) is 48.9 Å². The van der Waals surface area contributed by atoms with Gasteiger partial charge in [0.2, 0.25) is 5.91 Å². The predicted molar refractivity (Wildman–Crippen MR) is 58.5 cm³/mol. The SMILES string of the molecule is COCCCNC(=O)CSC(C)CO. The standard InChI is InChI=1S/C9H19NO3S/c1-8(6-11)14-7-9(12)10-4-3-5-13-2/h8,11H,3-7H2,1-2H3,(H,10,12). The number of aliphatic hydroxyl groups is 1. The number of hydrogen-bond acceptors (Lipinski definition) is 4. The van der Waals surface area contributed by atoms with Gasteiger partial charge < -0.3 is 15.2 Å². The molecule has 0 aliphatic heterocycles. The van der Waals surface area contributed by atoms with Gasteiger partial charge in [0.25, 0.3) is 0 Å². The summed E-state index contributed by atoms with van der Waals surface area (Å²) in [5, 5.41) is 11.6. The van der Waals surface area contributed by atoms with Crippen LogP contribution in [0.4, 0.5) is 0 Å². The van der Waals surface area contributed by atoms with Crippen molar-refractivity contribution in [2.45, 2.75) is 18.6 Å². The van der Waals surface area contributed by atoms with Crippen molar-refractivity contribution in [3.05, 3.63) is 0 Å². The summed E-state index contributed by atoms with van der Waals surface area (Å²) in [5.74, 6) is 0.431. The van der Waals surface area contributed by atoms with Crippen LogP contribution in [0, 0.1) is 0 Å². The van der Waals surface area contributed by atoms with Gasteiger partial charge in [0.1, 0.15) is 0 Å². The van der Waals surface area contributed by atoms with E-state index in [1.165, 1.54) is 11.8 Å². The molecule has 0 aromatic rings. The van der Waals surface area contributed by atoms with Crippen molar-refractivity contribution in [1.29, 1.82) is 0 Å². The number of nitrogens with one attached hydrogen (secondary N) is 1. The normalized spacial score (nSPS) is 12.5. The Kier molecular flexibility index (Phi) is 9.13. The molecule has 14 heavy (non-hydrogen) atoms. The van der Waals surface area contributed by atoms with Gasteiger partial charge in [0.05, 0.1) is 12.4 Å². The lowest BCUT2D eigenvalue weighted by atomic mass is 10.4. The van der Waals surface area contributed by atoms with Crippen molar-refractivity contribution in [2.75, 3.05) is 32.6 Å². The summed E-state index contributed by atoms with van der Waals surface area (Å²) in [6, 6.07) is 0. The summed E-state index contributed by atoms with van der Waals surface area (Å²) in [5.41, 5.74) is 0. The molecular weight excluding hydrogens is 202 g/mol. The number of aliphatic hydroxyl groups excluding tert-OH is 1. The molecule has 0 aliphatic rings. The minimum atomic E-state index is 0.0198. The zero-order chi connectivity index (χ0) is 10.8. The highest BCUT2D eigenvalue weighted by Gasteiger charge is 2.04. The lowest BCUT2D eigenvalue weighted by Gasteiger charge is -2.07. The Morgan fingerprint density at radius 3 is 2.93 bits per heavy atom. The topological polar surface area (TPSA) is 58.6 Å². The van der Waals surface area contributed by atoms with Crippen LogP contribution in [0.3, 0.4) is 0 Å². The van der Waals surface area contributed by atoms with Crippen molar-refractivity contribution >= 4 is 17.7 Å². The van der Waals surface area contributed by atoms with E-state index < -0.39 is 0 Å². The second-order valence-electron chi connectivity index (χ2n) is 3.00. The molecule has 1 unspecified atom stereocenters. The van der Waals surface area contributed by atoms with E-state index in [-0.39, 0.29) is 17.8 Å². The number of ether oxygens (including phenoxy) is 1. The summed E-state index contributed by atoms with van der Waals surface area (Å²) >= 11 is 1.45. The molecule has 0 saturated heterocycles. The average Bonchev–Trinajstić information content (AvgIpc) is 2.21. The number of carbonyl (C=O) groups excluding carboxylic acids is 1. The minimum absolute atomic E-state index is 0.0198. The third-order valence-electron chi connectivity index (χ3n) is 1.60. The first-order valence-electron chi connectivity index (χ1n) is 4.68. The van der Waals surface area contributed by atoms with Crippen LogP contribution in [0.1, 0.15) is 13.3 Å². The fraction of sp³-hybridized carbons (Fsp3) is 0.889. The third-order valence-corrected chi connectivity index (χ3v) is 2.75. The van der Waals surface area contributed by atoms with Gasteiger partial charge in [-0.1, -0.05) is 6.92 Å². The Morgan fingerprint density at radius 2 is 2.36 bits per heavy atom. The molecule has 0 bridgehead atoms. The Balaban J connectivity index is 3.28. The maximum absolute atomic E-state index is 11.2. The minimum Gasteiger partial charge on any atom is -0.395 e. The molecule has 2 N–H and O–H groups in total. The number of rotatable bonds is 8. The van der Waals surface area contributed by atoms with Gasteiger partial charge >= 0.3 is 0 Å². The number of carbonyl (C=O) groups is 1. The van der Waals surface area contributed by atoms with Gasteiger partial charge in [-0.2, -0.15) is 0 Å². The van der Waals surface area contributed by atoms with Gasteiger partial charge in [-0.3, -0.25) is 4.79 Å². The van der Waals surface area contributed by atoms with Crippen LogP contribution < -0.4 is 5.32 Å². The second kappa shape index (κ2) is 9.30. The summed E-state index contributed by atoms with van der Waals surface area (Å²) in [6.45, 7) is 3.33. The molecule has 0 aromatic heterocycles. The first-order chi connectivity index (χ1) is 6.70. The zero-order valence-corrected chi connectivity index (χ0v) is 9.60. The van der Waals surface area contributed by atoms with E-state index in [0.29, 0.717) is 18.9 Å². The summed E-state index contributed by atoms with van der Waals surface area (Å²) < 4.78 is 4.85. The molecule has 0 aromatic carbocycles. The Labute approximate surface area is 89.4 Å². The molecule has 0 heterocycles. The molecule has 0 fully saturated rings. The fourth-order valence-corrected chi connectivity index (χ4v) is 1.41. The lowest BCUT2D eigenvalue weighted by Crippen LogP contribution is -2.27. The molecule has 1 amide bonds. The van der Waals surface area contributed by atoms with Crippen molar-refractivity contribution < 1.29 is 14.6 Å². The molecule has 4 nitrogen and oxygen atoms in total. The second-order valence-corrected chi connectivity index (χ2v) is 4.43. The van der Waals surface area contributed by atoms with E-state index in [1.54, 1.807) is 7.11 Å². The van der Waals surface area contributed by atoms with Crippen molar-refractivity contribution in [3.8, 4) is 0 Å². The molecule has 1 atom stereocenters. The smallest absolute Gasteiger partial charge is 0.230 e. The first kappa shape index (κ1) is 13.7. The predicted octanol–water partition coefficient (Wildman–Crippen LogP) is 0.253. The fourth-order valence-electron chi connectivity index (χ4n) is 0.766. The van der Waals surface area contributed by atoms with E-state index in [0.717, 1.165) is 6.42 Å². The summed E-state index contributed by atoms with van der Waals surface area (Å²) in [4.78, 5) is 11.2. The van der Waals surface area contributed by atoms with Crippen LogP contribution in [0.5, 0.6) is 0 Å². The van der Waals surface area contributed by atoms with Crippen LogP contribution >= 0.6 is 11.8 Å². The highest BCUT2D eigenvalue weighted by atomic mass is 32.2. The van der Waals surface area contributed by atoms with Gasteiger partial charge in [-0.25, -0.2) is 0 Å². The van der Waals surface area contributed by atoms with Gasteiger partial charge in [-0.15, -0.1) is 11.8 Å². The molecule has 84 valence electrons. The molecule has 0 radical (unpaired) electrons. The van der Waals surface area contributed by atoms with Crippen molar-refractivity contribution in [2.24, 2.45) is 0 Å². The molecule has 5 heteroatoms. The lowest BCUT2D eigenvalue weighted by molar-refractivity contribution is -0.118. The molecule has 0 spiro atoms. The van der Waals surface area contributed by atoms with E-state index in [1.807, 2.05) is 6.92 Å². The van der Waals surface area contributed by atoms with Crippen LogP contribution in [0.25, 0.3) is 0 Å². The zero-order valence-electron chi connectivity index (χ0n) is 8.78. The monoisotopic (exact) mass is 221 g/mol. The Hall–Kier alpha value is -0.260. The third kappa shape index (κ3) is 8.34. The quantitative estimate of drug-likeness (QED) is 0.577. The first-order valence-corrected chi connectivity index (χ1v) is 5.73. The van der Waals surface area contributed by atoms with Gasteiger partial charge in [0, 0.05) is 25.5 Å². The molecular formula is C9H19NO3S. The van der Waals surface area contributed by atoms with E-state index in [4.69, 9.17) is 9.84 Å². The molecule has 0 saturated carbocycles. The number of amides is 1. The average molecular weight is 221 g/mol. The number of hydrogen-bond donors (Lipinski definition) is 2. The maximum atomic E-state index is 11.2. The van der Waals surface area contributed by atoms with Crippen LogP contribution in [0.2, 0.25) is 0 Å². The van der Waals surface area contributed by atoms with Crippen LogP contribution in [0.15, 0.2) is 0 Å². The van der Waals surface area contributed by atoms with Crippen molar-refractivity contribution in [3.63, 3.8) is 0 Å². The summed E-state index contributed by atoms with van der Waals surface area (Å²) in [6.07, 6.45) is 0.836. The Bertz CT molecular complexity index is 155. The molecule has 0 rings (SSSR count). The van der Waals surface area contributed by atoms with Crippen LogP contribution in [-0.2, 0) is 9.53 Å². The summed E-state index contributed by atoms with van der Waals surface area (Å²) in [7, 11) is 1.64.